The first kappa shape index (κ1) is 13.8. The van der Waals surface area contributed by atoms with E-state index >= 15 is 0 Å². The molecule has 5 nitrogen and oxygen atoms in total. The molecule has 0 bridgehead atoms. The van der Waals surface area contributed by atoms with Crippen LogP contribution >= 0.6 is 0 Å². The van der Waals surface area contributed by atoms with Gasteiger partial charge in [-0.2, -0.15) is 0 Å². The molecular formula is C10H18N2O3. The zero-order valence-corrected chi connectivity index (χ0v) is 9.22. The molecule has 0 amide bonds. The van der Waals surface area contributed by atoms with Crippen LogP contribution in [0.4, 0.5) is 0 Å². The molecule has 0 saturated carbocycles. The molecule has 5 heteroatoms. The molecule has 0 aliphatic rings. The van der Waals surface area contributed by atoms with Crippen molar-refractivity contribution >= 4 is 5.78 Å². The van der Waals surface area contributed by atoms with Gasteiger partial charge in [0, 0.05) is 0 Å². The van der Waals surface area contributed by atoms with Gasteiger partial charge in [-0.15, -0.1) is 0 Å². The van der Waals surface area contributed by atoms with Crippen LogP contribution in [0, 0.1) is 5.21 Å². The second-order valence-corrected chi connectivity index (χ2v) is 3.25. The summed E-state index contributed by atoms with van der Waals surface area (Å²) in [6.07, 6.45) is 5.93. The average molecular weight is 214 g/mol. The van der Waals surface area contributed by atoms with E-state index < -0.39 is 18.4 Å². The Bertz CT molecular complexity index is 249. The molecule has 15 heavy (non-hydrogen) atoms. The monoisotopic (exact) mass is 214 g/mol. The number of carbonyl (C=O) groups is 1. The van der Waals surface area contributed by atoms with Gasteiger partial charge in [0.15, 0.2) is 11.8 Å². The fourth-order valence-electron chi connectivity index (χ4n) is 0.892. The minimum atomic E-state index is -0.789. The summed E-state index contributed by atoms with van der Waals surface area (Å²) in [4.78, 5) is 11.3. The van der Waals surface area contributed by atoms with Crippen molar-refractivity contribution in [3.8, 4) is 0 Å². The number of Topliss-reactive ketones (excluding diaryl/α,β-unsaturated/α-hetero) is 1. The van der Waals surface area contributed by atoms with Crippen molar-refractivity contribution < 1.29 is 14.8 Å². The van der Waals surface area contributed by atoms with Crippen LogP contribution in [0.15, 0.2) is 17.4 Å². The molecule has 1 atom stereocenters. The van der Waals surface area contributed by atoms with Crippen LogP contribution in [0.1, 0.15) is 33.1 Å². The third-order valence-corrected chi connectivity index (χ3v) is 1.87. The highest BCUT2D eigenvalue weighted by Gasteiger charge is 2.13. The minimum Gasteiger partial charge on any atom is -0.595 e. The third-order valence-electron chi connectivity index (χ3n) is 1.87. The summed E-state index contributed by atoms with van der Waals surface area (Å²) < 4.78 is 0. The number of ketones is 1. The minimum absolute atomic E-state index is 0.369. The van der Waals surface area contributed by atoms with Crippen LogP contribution in [0.25, 0.3) is 0 Å². The SMILES string of the molecule is CCCCC=C[N+]([O-])=NC(C)C(=O)CO. The molecule has 1 unspecified atom stereocenters. The van der Waals surface area contributed by atoms with Crippen LogP contribution in [-0.4, -0.2) is 28.4 Å². The molecular weight excluding hydrogens is 196 g/mol. The van der Waals surface area contributed by atoms with E-state index in [-0.39, 0.29) is 0 Å². The highest BCUT2D eigenvalue weighted by molar-refractivity contribution is 5.84. The van der Waals surface area contributed by atoms with Crippen LogP contribution in [-0.2, 0) is 4.79 Å². The molecule has 0 rings (SSSR count). The van der Waals surface area contributed by atoms with E-state index in [1.54, 1.807) is 6.08 Å². The molecule has 0 radical (unpaired) electrons. The van der Waals surface area contributed by atoms with Crippen molar-refractivity contribution in [1.29, 1.82) is 0 Å². The molecule has 0 aliphatic heterocycles. The first-order chi connectivity index (χ1) is 7.11. The topological polar surface area (TPSA) is 75.7 Å². The summed E-state index contributed by atoms with van der Waals surface area (Å²) in [7, 11) is 0. The molecule has 0 aromatic rings. The van der Waals surface area contributed by atoms with Gasteiger partial charge in [-0.25, -0.2) is 0 Å². The predicted molar refractivity (Wildman–Crippen MR) is 56.3 cm³/mol. The highest BCUT2D eigenvalue weighted by atomic mass is 16.5. The summed E-state index contributed by atoms with van der Waals surface area (Å²) in [6, 6.07) is -0.789. The maximum atomic E-state index is 11.1. The lowest BCUT2D eigenvalue weighted by Gasteiger charge is -1.99. The molecule has 0 aromatic carbocycles. The predicted octanol–water partition coefficient (Wildman–Crippen LogP) is 1.60. The van der Waals surface area contributed by atoms with Crippen LogP contribution in [0.2, 0.25) is 0 Å². The number of nitrogens with zero attached hydrogens (tertiary/aromatic N) is 2. The van der Waals surface area contributed by atoms with Gasteiger partial charge in [-0.1, -0.05) is 18.2 Å². The molecule has 0 fully saturated rings. The van der Waals surface area contributed by atoms with Crippen molar-refractivity contribution in [2.24, 2.45) is 5.11 Å². The van der Waals surface area contributed by atoms with Crippen molar-refractivity contribution in [3.05, 3.63) is 17.5 Å². The van der Waals surface area contributed by atoms with E-state index in [9.17, 15) is 10.0 Å². The van der Waals surface area contributed by atoms with Gasteiger partial charge in [-0.3, -0.25) is 4.79 Å². The fourth-order valence-corrected chi connectivity index (χ4v) is 0.892. The Morgan fingerprint density at radius 1 is 1.67 bits per heavy atom. The molecule has 0 aromatic heterocycles. The van der Waals surface area contributed by atoms with E-state index in [2.05, 4.69) is 12.0 Å². The zero-order valence-electron chi connectivity index (χ0n) is 9.22. The van der Waals surface area contributed by atoms with E-state index in [1.807, 2.05) is 0 Å². The Kier molecular flexibility index (Phi) is 7.44. The summed E-state index contributed by atoms with van der Waals surface area (Å²) in [5.74, 6) is -0.460. The Labute approximate surface area is 89.7 Å². The molecule has 86 valence electrons. The summed E-state index contributed by atoms with van der Waals surface area (Å²) >= 11 is 0. The Hall–Kier alpha value is -1.23. The van der Waals surface area contributed by atoms with Crippen LogP contribution in [0.3, 0.4) is 0 Å². The Balaban J connectivity index is 4.07. The van der Waals surface area contributed by atoms with E-state index in [0.717, 1.165) is 19.3 Å². The van der Waals surface area contributed by atoms with Gasteiger partial charge in [0.1, 0.15) is 6.61 Å². The largest absolute Gasteiger partial charge is 0.595 e. The first-order valence-electron chi connectivity index (χ1n) is 5.09. The van der Waals surface area contributed by atoms with Crippen molar-refractivity contribution in [2.75, 3.05) is 6.61 Å². The molecule has 0 aliphatic carbocycles. The van der Waals surface area contributed by atoms with Gasteiger partial charge in [0.2, 0.25) is 6.20 Å². The lowest BCUT2D eigenvalue weighted by atomic mass is 10.2. The number of unbranched alkanes of at least 4 members (excludes halogenated alkanes) is 2. The summed E-state index contributed by atoms with van der Waals surface area (Å²) in [6.45, 7) is 2.95. The summed E-state index contributed by atoms with van der Waals surface area (Å²) in [5.41, 5.74) is 0. The lowest BCUT2D eigenvalue weighted by Crippen LogP contribution is -2.19. The third kappa shape index (κ3) is 6.79. The number of carbonyl (C=O) groups excluding carboxylic acids is 1. The Morgan fingerprint density at radius 3 is 2.87 bits per heavy atom. The average Bonchev–Trinajstić information content (AvgIpc) is 2.23. The number of aliphatic hydroxyl groups is 1. The van der Waals surface area contributed by atoms with Gasteiger partial charge in [0.05, 0.1) is 0 Å². The maximum Gasteiger partial charge on any atom is 0.205 e. The van der Waals surface area contributed by atoms with E-state index in [4.69, 9.17) is 5.11 Å². The number of hydrogen-bond donors (Lipinski definition) is 1. The maximum absolute atomic E-state index is 11.1. The zero-order chi connectivity index (χ0) is 11.7. The van der Waals surface area contributed by atoms with E-state index in [0.29, 0.717) is 4.86 Å². The number of allylic oxidation sites excluding steroid dienone is 1. The highest BCUT2D eigenvalue weighted by Crippen LogP contribution is 1.97. The van der Waals surface area contributed by atoms with Crippen molar-refractivity contribution in [2.45, 2.75) is 39.2 Å². The van der Waals surface area contributed by atoms with E-state index in [1.165, 1.54) is 13.1 Å². The second kappa shape index (κ2) is 8.11. The van der Waals surface area contributed by atoms with Gasteiger partial charge in [-0.05, 0) is 31.0 Å². The second-order valence-electron chi connectivity index (χ2n) is 3.25. The normalized spacial score (nSPS) is 14.5. The fraction of sp³-hybridized carbons (Fsp3) is 0.700. The van der Waals surface area contributed by atoms with Gasteiger partial charge < -0.3 is 10.3 Å². The molecule has 0 saturated heterocycles. The number of hydrogen-bond acceptors (Lipinski definition) is 4. The van der Waals surface area contributed by atoms with Crippen LogP contribution < -0.4 is 0 Å². The molecule has 0 heterocycles. The Morgan fingerprint density at radius 2 is 2.33 bits per heavy atom. The lowest BCUT2D eigenvalue weighted by molar-refractivity contribution is -0.461. The number of aliphatic hydroxyl groups excluding tert-OH is 1. The standard InChI is InChI=1S/C10H18N2O3/c1-3-4-5-6-7-12(15)11-9(2)10(14)8-13/h6-7,9,13H,3-5,8H2,1-2H3. The van der Waals surface area contributed by atoms with Gasteiger partial charge in [0.25, 0.3) is 0 Å². The molecule has 1 N–H and O–H groups in total. The smallest absolute Gasteiger partial charge is 0.205 e. The molecule has 0 spiro atoms. The van der Waals surface area contributed by atoms with Crippen molar-refractivity contribution in [1.82, 2.24) is 0 Å². The quantitative estimate of drug-likeness (QED) is 0.303. The number of hydroxylamine groups is 1. The van der Waals surface area contributed by atoms with Crippen molar-refractivity contribution in [3.63, 3.8) is 0 Å². The summed E-state index contributed by atoms with van der Waals surface area (Å²) in [5, 5.41) is 23.1. The first-order valence-corrected chi connectivity index (χ1v) is 5.09. The number of azo groups is 1. The number of rotatable bonds is 7. The van der Waals surface area contributed by atoms with Crippen LogP contribution in [0.5, 0.6) is 0 Å². The van der Waals surface area contributed by atoms with Gasteiger partial charge >= 0.3 is 0 Å².